The molecule has 0 saturated carbocycles. The van der Waals surface area contributed by atoms with Crippen molar-refractivity contribution in [2.45, 2.75) is 18.2 Å². The number of rotatable bonds is 5. The van der Waals surface area contributed by atoms with Crippen molar-refractivity contribution in [3.8, 4) is 0 Å². The van der Waals surface area contributed by atoms with Gasteiger partial charge in [0.1, 0.15) is 5.69 Å². The number of amidine groups is 1. The van der Waals surface area contributed by atoms with Crippen LogP contribution in [0, 0.1) is 6.92 Å². The van der Waals surface area contributed by atoms with Gasteiger partial charge in [0.05, 0.1) is 12.7 Å². The number of hydrogen-bond donors (Lipinski definition) is 4. The molecule has 1 rings (SSSR count). The Morgan fingerprint density at radius 1 is 1.59 bits per heavy atom. The summed E-state index contributed by atoms with van der Waals surface area (Å²) in [5.74, 6) is 0.176. The monoisotopic (exact) mass is 258 g/mol. The Kier molecular flexibility index (Phi) is 5.13. The molecule has 1 aromatic heterocycles. The van der Waals surface area contributed by atoms with E-state index in [4.69, 9.17) is 16.0 Å². The first-order chi connectivity index (χ1) is 8.06. The SMILES string of the molecule is Cc1cc(/C(N)=N/O)nc(SCC(O)CO)n1. The maximum absolute atomic E-state index is 9.20. The Morgan fingerprint density at radius 3 is 2.88 bits per heavy atom. The fourth-order valence-electron chi connectivity index (χ4n) is 1.01. The van der Waals surface area contributed by atoms with Gasteiger partial charge in [-0.1, -0.05) is 16.9 Å². The predicted octanol–water partition coefficient (Wildman–Crippen LogP) is -0.675. The normalized spacial score (nSPS) is 13.7. The molecule has 8 heteroatoms. The zero-order valence-electron chi connectivity index (χ0n) is 9.24. The molecule has 0 bridgehead atoms. The molecule has 1 atom stereocenters. The maximum Gasteiger partial charge on any atom is 0.188 e. The van der Waals surface area contributed by atoms with E-state index in [-0.39, 0.29) is 18.2 Å². The second-order valence-electron chi connectivity index (χ2n) is 3.31. The van der Waals surface area contributed by atoms with E-state index in [1.165, 1.54) is 11.8 Å². The first-order valence-corrected chi connectivity index (χ1v) is 5.80. The lowest BCUT2D eigenvalue weighted by Gasteiger charge is -2.07. The largest absolute Gasteiger partial charge is 0.409 e. The van der Waals surface area contributed by atoms with E-state index in [9.17, 15) is 5.11 Å². The topological polar surface area (TPSA) is 125 Å². The summed E-state index contributed by atoms with van der Waals surface area (Å²) in [6.45, 7) is 1.44. The van der Waals surface area contributed by atoms with Crippen LogP contribution in [-0.2, 0) is 0 Å². The van der Waals surface area contributed by atoms with Crippen LogP contribution in [0.1, 0.15) is 11.4 Å². The van der Waals surface area contributed by atoms with E-state index < -0.39 is 6.10 Å². The Labute approximate surface area is 102 Å². The van der Waals surface area contributed by atoms with Crippen molar-refractivity contribution in [3.05, 3.63) is 17.5 Å². The number of nitrogens with zero attached hydrogens (tertiary/aromatic N) is 3. The van der Waals surface area contributed by atoms with Gasteiger partial charge < -0.3 is 21.2 Å². The lowest BCUT2D eigenvalue weighted by Crippen LogP contribution is -2.17. The molecule has 0 fully saturated rings. The van der Waals surface area contributed by atoms with Crippen molar-refractivity contribution < 1.29 is 15.4 Å². The van der Waals surface area contributed by atoms with E-state index in [0.29, 0.717) is 16.5 Å². The molecule has 1 unspecified atom stereocenters. The third-order valence-electron chi connectivity index (χ3n) is 1.82. The average molecular weight is 258 g/mol. The van der Waals surface area contributed by atoms with E-state index in [2.05, 4.69) is 15.1 Å². The standard InChI is InChI=1S/C9H14N4O3S/c1-5-2-7(8(10)13-16)12-9(11-5)17-4-6(15)3-14/h2,6,14-16H,3-4H2,1H3,(H2,10,13). The third-order valence-corrected chi connectivity index (χ3v) is 2.81. The molecule has 0 aliphatic carbocycles. The Hall–Kier alpha value is -1.38. The Balaban J connectivity index is 2.83. The van der Waals surface area contributed by atoms with Gasteiger partial charge in [0.15, 0.2) is 11.0 Å². The van der Waals surface area contributed by atoms with Gasteiger partial charge in [0, 0.05) is 11.4 Å². The molecular weight excluding hydrogens is 244 g/mol. The van der Waals surface area contributed by atoms with Gasteiger partial charge in [-0.3, -0.25) is 0 Å². The molecule has 0 aliphatic rings. The minimum absolute atomic E-state index is 0.0972. The number of oxime groups is 1. The van der Waals surface area contributed by atoms with Gasteiger partial charge in [-0.15, -0.1) is 0 Å². The molecule has 0 aromatic carbocycles. The summed E-state index contributed by atoms with van der Waals surface area (Å²) in [5.41, 5.74) is 6.41. The molecule has 17 heavy (non-hydrogen) atoms. The molecule has 0 amide bonds. The van der Waals surface area contributed by atoms with Gasteiger partial charge in [0.25, 0.3) is 0 Å². The molecule has 1 heterocycles. The lowest BCUT2D eigenvalue weighted by atomic mass is 10.3. The first-order valence-electron chi connectivity index (χ1n) is 4.82. The van der Waals surface area contributed by atoms with Crippen LogP contribution >= 0.6 is 11.8 Å². The van der Waals surface area contributed by atoms with Crippen LogP contribution in [0.15, 0.2) is 16.4 Å². The molecule has 0 saturated heterocycles. The Bertz CT molecular complexity index is 413. The molecular formula is C9H14N4O3S. The zero-order valence-corrected chi connectivity index (χ0v) is 10.1. The van der Waals surface area contributed by atoms with Crippen LogP contribution in [-0.4, -0.2) is 49.7 Å². The van der Waals surface area contributed by atoms with E-state index >= 15 is 0 Å². The number of thioether (sulfide) groups is 1. The third kappa shape index (κ3) is 4.17. The number of aromatic nitrogens is 2. The van der Waals surface area contributed by atoms with Crippen LogP contribution in [0.4, 0.5) is 0 Å². The van der Waals surface area contributed by atoms with Crippen molar-refractivity contribution >= 4 is 17.6 Å². The summed E-state index contributed by atoms with van der Waals surface area (Å²) in [4.78, 5) is 8.18. The van der Waals surface area contributed by atoms with Crippen LogP contribution in [0.5, 0.6) is 0 Å². The summed E-state index contributed by atoms with van der Waals surface area (Å²) in [6, 6.07) is 1.58. The average Bonchev–Trinajstić information content (AvgIpc) is 2.34. The van der Waals surface area contributed by atoms with Crippen LogP contribution < -0.4 is 5.73 Å². The zero-order chi connectivity index (χ0) is 12.8. The summed E-state index contributed by atoms with van der Waals surface area (Å²) in [7, 11) is 0. The van der Waals surface area contributed by atoms with Gasteiger partial charge in [-0.05, 0) is 13.0 Å². The second kappa shape index (κ2) is 6.38. The fraction of sp³-hybridized carbons (Fsp3) is 0.444. The number of aliphatic hydroxyl groups is 2. The molecule has 7 nitrogen and oxygen atoms in total. The van der Waals surface area contributed by atoms with E-state index in [0.717, 1.165) is 0 Å². The second-order valence-corrected chi connectivity index (χ2v) is 4.30. The number of nitrogens with two attached hydrogens (primary N) is 1. The van der Waals surface area contributed by atoms with E-state index in [1.807, 2.05) is 0 Å². The predicted molar refractivity (Wildman–Crippen MR) is 63.1 cm³/mol. The number of hydrogen-bond acceptors (Lipinski definition) is 7. The highest BCUT2D eigenvalue weighted by atomic mass is 32.2. The highest BCUT2D eigenvalue weighted by Crippen LogP contribution is 2.15. The highest BCUT2D eigenvalue weighted by Gasteiger charge is 2.09. The summed E-state index contributed by atoms with van der Waals surface area (Å²) in [5, 5.41) is 29.7. The first kappa shape index (κ1) is 13.7. The van der Waals surface area contributed by atoms with E-state index in [1.54, 1.807) is 13.0 Å². The summed E-state index contributed by atoms with van der Waals surface area (Å²) in [6.07, 6.45) is -0.823. The van der Waals surface area contributed by atoms with Crippen molar-refractivity contribution in [3.63, 3.8) is 0 Å². The molecule has 0 spiro atoms. The van der Waals surface area contributed by atoms with Crippen molar-refractivity contribution in [2.75, 3.05) is 12.4 Å². The minimum atomic E-state index is -0.823. The van der Waals surface area contributed by atoms with Gasteiger partial charge in [-0.25, -0.2) is 9.97 Å². The van der Waals surface area contributed by atoms with Crippen molar-refractivity contribution in [2.24, 2.45) is 10.9 Å². The van der Waals surface area contributed by atoms with Gasteiger partial charge in [-0.2, -0.15) is 0 Å². The lowest BCUT2D eigenvalue weighted by molar-refractivity contribution is 0.113. The summed E-state index contributed by atoms with van der Waals surface area (Å²) < 4.78 is 0. The fourth-order valence-corrected chi connectivity index (χ4v) is 1.83. The molecule has 1 aromatic rings. The van der Waals surface area contributed by atoms with Crippen LogP contribution in [0.2, 0.25) is 0 Å². The quantitative estimate of drug-likeness (QED) is 0.138. The van der Waals surface area contributed by atoms with Crippen LogP contribution in [0.25, 0.3) is 0 Å². The number of aliphatic hydroxyl groups excluding tert-OH is 2. The Morgan fingerprint density at radius 2 is 2.29 bits per heavy atom. The van der Waals surface area contributed by atoms with Gasteiger partial charge in [0.2, 0.25) is 0 Å². The highest BCUT2D eigenvalue weighted by molar-refractivity contribution is 7.99. The molecule has 0 aliphatic heterocycles. The molecule has 0 radical (unpaired) electrons. The molecule has 5 N–H and O–H groups in total. The van der Waals surface area contributed by atoms with Crippen LogP contribution in [0.3, 0.4) is 0 Å². The van der Waals surface area contributed by atoms with Crippen molar-refractivity contribution in [1.29, 1.82) is 0 Å². The minimum Gasteiger partial charge on any atom is -0.409 e. The maximum atomic E-state index is 9.20. The smallest absolute Gasteiger partial charge is 0.188 e. The summed E-state index contributed by atoms with van der Waals surface area (Å²) >= 11 is 1.18. The number of aryl methyl sites for hydroxylation is 1. The van der Waals surface area contributed by atoms with Gasteiger partial charge >= 0.3 is 0 Å². The van der Waals surface area contributed by atoms with Crippen molar-refractivity contribution in [1.82, 2.24) is 9.97 Å². The molecule has 94 valence electrons.